The Morgan fingerprint density at radius 3 is 2.00 bits per heavy atom. The monoisotopic (exact) mass is 714 g/mol. The Kier molecular flexibility index (Phi) is 10.8. The second kappa shape index (κ2) is 14.0. The standard InChI is InChI=1S/C32H37F7N6O3Si/c1-29(2,3)49(4,5)48-30(31(34,35)36,32(37,38)39)23-9-6-21(7-10-23)19-44-14-16-45(17-15-44)27(46)22-8-11-25(24(33)18-22)42-28(47)43-26-12-13-40-20-41-26/h6-13,18,20H,14-17,19H2,1-5H3,(H2,40,41,42,43,47). The van der Waals surface area contributed by atoms with Crippen LogP contribution in [0.15, 0.2) is 61.1 Å². The van der Waals surface area contributed by atoms with Gasteiger partial charge in [0, 0.05) is 50.0 Å². The SMILES string of the molecule is CC(C)(C)[Si](C)(C)OC(c1ccc(CN2CCN(C(=O)c3ccc(NC(=O)Nc4ccncn4)c(F)c3)CC2)cc1)(C(F)(F)F)C(F)(F)F. The van der Waals surface area contributed by atoms with Crippen molar-refractivity contribution in [1.29, 1.82) is 0 Å². The molecule has 49 heavy (non-hydrogen) atoms. The molecule has 17 heteroatoms. The predicted octanol–water partition coefficient (Wildman–Crippen LogP) is 7.56. The highest BCUT2D eigenvalue weighted by Crippen LogP contribution is 2.56. The number of anilines is 2. The Hall–Kier alpha value is -4.09. The molecule has 0 atom stereocenters. The third-order valence-corrected chi connectivity index (χ3v) is 13.2. The van der Waals surface area contributed by atoms with E-state index in [1.54, 1.807) is 20.8 Å². The Morgan fingerprint density at radius 2 is 1.49 bits per heavy atom. The van der Waals surface area contributed by atoms with E-state index in [2.05, 4.69) is 20.6 Å². The summed E-state index contributed by atoms with van der Waals surface area (Å²) in [6.45, 7) is 8.75. The Labute approximate surface area is 280 Å². The van der Waals surface area contributed by atoms with Crippen molar-refractivity contribution in [3.63, 3.8) is 0 Å². The fourth-order valence-corrected chi connectivity index (χ4v) is 6.40. The second-order valence-electron chi connectivity index (χ2n) is 13.2. The molecule has 4 rings (SSSR count). The first-order valence-corrected chi connectivity index (χ1v) is 18.1. The van der Waals surface area contributed by atoms with Crippen LogP contribution in [-0.4, -0.2) is 78.6 Å². The van der Waals surface area contributed by atoms with Crippen LogP contribution in [0, 0.1) is 5.82 Å². The number of urea groups is 1. The number of alkyl halides is 6. The molecular formula is C32H37F7N6O3Si. The highest BCUT2D eigenvalue weighted by atomic mass is 28.4. The van der Waals surface area contributed by atoms with E-state index in [-0.39, 0.29) is 36.7 Å². The number of nitrogens with zero attached hydrogens (tertiary/aromatic N) is 4. The molecule has 2 aromatic carbocycles. The number of carbonyl (C=O) groups excluding carboxylic acids is 2. The number of amides is 3. The molecule has 1 aliphatic rings. The number of halogens is 7. The average Bonchev–Trinajstić information content (AvgIpc) is 3.00. The molecule has 0 bridgehead atoms. The molecule has 266 valence electrons. The van der Waals surface area contributed by atoms with Gasteiger partial charge in [-0.3, -0.25) is 15.0 Å². The van der Waals surface area contributed by atoms with E-state index in [0.29, 0.717) is 18.7 Å². The van der Waals surface area contributed by atoms with Crippen LogP contribution in [0.5, 0.6) is 0 Å². The summed E-state index contributed by atoms with van der Waals surface area (Å²) >= 11 is 0. The van der Waals surface area contributed by atoms with Gasteiger partial charge in [-0.2, -0.15) is 26.3 Å². The summed E-state index contributed by atoms with van der Waals surface area (Å²) in [7, 11) is -3.58. The third-order valence-electron chi connectivity index (χ3n) is 8.73. The minimum absolute atomic E-state index is 0.0565. The maximum absolute atomic E-state index is 14.8. The van der Waals surface area contributed by atoms with Crippen LogP contribution in [-0.2, 0) is 16.6 Å². The van der Waals surface area contributed by atoms with E-state index in [9.17, 15) is 40.3 Å². The predicted molar refractivity (Wildman–Crippen MR) is 171 cm³/mol. The third kappa shape index (κ3) is 8.38. The lowest BCUT2D eigenvalue weighted by atomic mass is 9.91. The van der Waals surface area contributed by atoms with E-state index in [1.165, 1.54) is 60.8 Å². The number of nitrogens with one attached hydrogen (secondary N) is 2. The van der Waals surface area contributed by atoms with Gasteiger partial charge in [0.05, 0.1) is 5.69 Å². The first-order valence-electron chi connectivity index (χ1n) is 15.2. The molecule has 3 aromatic rings. The summed E-state index contributed by atoms with van der Waals surface area (Å²) in [5, 5.41) is 3.84. The van der Waals surface area contributed by atoms with Crippen LogP contribution in [0.2, 0.25) is 18.1 Å². The van der Waals surface area contributed by atoms with Crippen molar-refractivity contribution >= 4 is 31.8 Å². The van der Waals surface area contributed by atoms with Crippen molar-refractivity contribution in [2.75, 3.05) is 36.8 Å². The van der Waals surface area contributed by atoms with Crippen LogP contribution < -0.4 is 10.6 Å². The van der Waals surface area contributed by atoms with Crippen molar-refractivity contribution in [2.45, 2.75) is 63.4 Å². The van der Waals surface area contributed by atoms with Gasteiger partial charge in [0.1, 0.15) is 18.0 Å². The maximum atomic E-state index is 14.8. The van der Waals surface area contributed by atoms with Gasteiger partial charge in [-0.05, 0) is 48.0 Å². The largest absolute Gasteiger partial charge is 0.429 e. The normalized spacial score (nSPS) is 15.2. The molecule has 3 amide bonds. The molecule has 1 fully saturated rings. The first kappa shape index (κ1) is 37.7. The summed E-state index contributed by atoms with van der Waals surface area (Å²) in [6, 6.07) is 8.41. The minimum atomic E-state index is -5.78. The summed E-state index contributed by atoms with van der Waals surface area (Å²) in [4.78, 5) is 36.2. The van der Waals surface area contributed by atoms with Crippen LogP contribution in [0.1, 0.15) is 42.3 Å². The van der Waals surface area contributed by atoms with Gasteiger partial charge >= 0.3 is 18.4 Å². The number of carbonyl (C=O) groups is 2. The van der Waals surface area contributed by atoms with Crippen molar-refractivity contribution in [1.82, 2.24) is 19.8 Å². The Bertz CT molecular complexity index is 1610. The van der Waals surface area contributed by atoms with Gasteiger partial charge in [0.15, 0.2) is 8.32 Å². The number of hydrogen-bond acceptors (Lipinski definition) is 6. The van der Waals surface area contributed by atoms with E-state index >= 15 is 0 Å². The Morgan fingerprint density at radius 1 is 0.878 bits per heavy atom. The van der Waals surface area contributed by atoms with Crippen molar-refractivity contribution in [2.24, 2.45) is 0 Å². The van der Waals surface area contributed by atoms with Gasteiger partial charge in [0.2, 0.25) is 0 Å². The highest BCUT2D eigenvalue weighted by Gasteiger charge is 2.75. The smallest absolute Gasteiger partial charge is 0.393 e. The quantitative estimate of drug-likeness (QED) is 0.185. The molecule has 0 saturated carbocycles. The number of hydrogen-bond donors (Lipinski definition) is 2. The van der Waals surface area contributed by atoms with E-state index in [4.69, 9.17) is 4.43 Å². The van der Waals surface area contributed by atoms with Gasteiger partial charge < -0.3 is 14.6 Å². The number of benzene rings is 2. The maximum Gasteiger partial charge on any atom is 0.429 e. The number of rotatable bonds is 8. The zero-order chi connectivity index (χ0) is 36.4. The number of aromatic nitrogens is 2. The zero-order valence-electron chi connectivity index (χ0n) is 27.5. The summed E-state index contributed by atoms with van der Waals surface area (Å²) < 4.78 is 107. The van der Waals surface area contributed by atoms with Gasteiger partial charge in [-0.25, -0.2) is 19.2 Å². The second-order valence-corrected chi connectivity index (χ2v) is 17.9. The van der Waals surface area contributed by atoms with Crippen LogP contribution in [0.4, 0.5) is 47.0 Å². The number of piperazine rings is 1. The average molecular weight is 715 g/mol. The van der Waals surface area contributed by atoms with E-state index in [1.807, 2.05) is 4.90 Å². The summed E-state index contributed by atoms with van der Waals surface area (Å²) in [5.74, 6) is -1.08. The lowest BCUT2D eigenvalue weighted by molar-refractivity contribution is -0.369. The van der Waals surface area contributed by atoms with Crippen LogP contribution in [0.3, 0.4) is 0 Å². The topological polar surface area (TPSA) is 99.7 Å². The molecule has 2 N–H and O–H groups in total. The van der Waals surface area contributed by atoms with Crippen molar-refractivity contribution < 1.29 is 44.7 Å². The molecule has 0 spiro atoms. The first-order chi connectivity index (χ1) is 22.6. The highest BCUT2D eigenvalue weighted by molar-refractivity contribution is 6.74. The molecule has 9 nitrogen and oxygen atoms in total. The molecule has 1 saturated heterocycles. The van der Waals surface area contributed by atoms with Gasteiger partial charge in [0.25, 0.3) is 11.5 Å². The molecule has 0 radical (unpaired) electrons. The molecule has 0 unspecified atom stereocenters. The molecular weight excluding hydrogens is 677 g/mol. The fraction of sp³-hybridized carbons (Fsp3) is 0.438. The van der Waals surface area contributed by atoms with Crippen molar-refractivity contribution in [3.05, 3.63) is 83.6 Å². The zero-order valence-corrected chi connectivity index (χ0v) is 28.5. The summed E-state index contributed by atoms with van der Waals surface area (Å²) in [6.07, 6.45) is -8.92. The van der Waals surface area contributed by atoms with Crippen LogP contribution >= 0.6 is 0 Å². The van der Waals surface area contributed by atoms with Gasteiger partial charge in [-0.1, -0.05) is 45.0 Å². The van der Waals surface area contributed by atoms with Crippen LogP contribution in [0.25, 0.3) is 0 Å². The molecule has 1 aliphatic heterocycles. The Balaban J connectivity index is 1.39. The summed E-state index contributed by atoms with van der Waals surface area (Å²) in [5.41, 5.74) is -5.17. The lowest BCUT2D eigenvalue weighted by Gasteiger charge is -2.46. The van der Waals surface area contributed by atoms with Gasteiger partial charge in [-0.15, -0.1) is 0 Å². The van der Waals surface area contributed by atoms with Crippen molar-refractivity contribution in [3.8, 4) is 0 Å². The molecule has 0 aliphatic carbocycles. The lowest BCUT2D eigenvalue weighted by Crippen LogP contribution is -2.62. The van der Waals surface area contributed by atoms with E-state index in [0.717, 1.165) is 18.2 Å². The minimum Gasteiger partial charge on any atom is -0.393 e. The molecule has 1 aromatic heterocycles. The molecule has 2 heterocycles. The fourth-order valence-electron chi connectivity index (χ4n) is 4.98. The van der Waals surface area contributed by atoms with E-state index < -0.39 is 54.6 Å².